The second-order valence-electron chi connectivity index (χ2n) is 2.12. The lowest BCUT2D eigenvalue weighted by Crippen LogP contribution is -1.97. The average molecular weight is 151 g/mol. The fourth-order valence-corrected chi connectivity index (χ4v) is 0.686. The van der Waals surface area contributed by atoms with Gasteiger partial charge in [0.2, 0.25) is 5.88 Å². The number of hydrogen-bond donors (Lipinski definition) is 1. The van der Waals surface area contributed by atoms with E-state index >= 15 is 0 Å². The molecule has 0 spiro atoms. The molecule has 4 heteroatoms. The van der Waals surface area contributed by atoms with E-state index in [1.165, 1.54) is 0 Å². The molecule has 0 fully saturated rings. The average Bonchev–Trinajstić information content (AvgIpc) is 1.95. The van der Waals surface area contributed by atoms with Gasteiger partial charge in [-0.05, 0) is 6.92 Å². The Hall–Kier alpha value is -1.45. The van der Waals surface area contributed by atoms with Crippen molar-refractivity contribution < 1.29 is 5.11 Å². The van der Waals surface area contributed by atoms with Gasteiger partial charge in [-0.3, -0.25) is 0 Å². The summed E-state index contributed by atoms with van der Waals surface area (Å²) in [5.41, 5.74) is 0.464. The van der Waals surface area contributed by atoms with Crippen molar-refractivity contribution in [2.24, 2.45) is 0 Å². The Labute approximate surface area is 64.6 Å². The second-order valence-corrected chi connectivity index (χ2v) is 2.12. The van der Waals surface area contributed by atoms with E-state index in [9.17, 15) is 0 Å². The molecule has 1 heterocycles. The minimum atomic E-state index is -0.0580. The highest BCUT2D eigenvalue weighted by atomic mass is 16.3. The lowest BCUT2D eigenvalue weighted by molar-refractivity contribution is 0.437. The minimum absolute atomic E-state index is 0.0580. The molecule has 4 nitrogen and oxygen atoms in total. The van der Waals surface area contributed by atoms with E-state index in [2.05, 4.69) is 21.8 Å². The van der Waals surface area contributed by atoms with Gasteiger partial charge in [0.25, 0.3) is 0 Å². The molecule has 1 aromatic rings. The molecule has 1 rings (SSSR count). The zero-order valence-corrected chi connectivity index (χ0v) is 6.28. The SMILES string of the molecule is C=CCc1nnc(C)nc1O. The first-order valence-electron chi connectivity index (χ1n) is 3.24. The van der Waals surface area contributed by atoms with Gasteiger partial charge in [0.15, 0.2) is 5.82 Å². The summed E-state index contributed by atoms with van der Waals surface area (Å²) in [4.78, 5) is 3.73. The van der Waals surface area contributed by atoms with Crippen LogP contribution in [0.5, 0.6) is 5.88 Å². The summed E-state index contributed by atoms with van der Waals surface area (Å²) in [5, 5.41) is 16.6. The van der Waals surface area contributed by atoms with E-state index in [1.54, 1.807) is 13.0 Å². The van der Waals surface area contributed by atoms with E-state index in [1.807, 2.05) is 0 Å². The van der Waals surface area contributed by atoms with Crippen molar-refractivity contribution in [3.8, 4) is 5.88 Å². The van der Waals surface area contributed by atoms with Gasteiger partial charge >= 0.3 is 0 Å². The monoisotopic (exact) mass is 151 g/mol. The van der Waals surface area contributed by atoms with E-state index in [-0.39, 0.29) is 5.88 Å². The third kappa shape index (κ3) is 1.73. The molecule has 0 aliphatic rings. The fraction of sp³-hybridized carbons (Fsp3) is 0.286. The Balaban J connectivity index is 2.98. The molecule has 0 aromatic carbocycles. The number of rotatable bonds is 2. The first kappa shape index (κ1) is 7.65. The van der Waals surface area contributed by atoms with Crippen LogP contribution in [0.1, 0.15) is 11.5 Å². The zero-order valence-electron chi connectivity index (χ0n) is 6.28. The molecule has 0 radical (unpaired) electrons. The van der Waals surface area contributed by atoms with Crippen LogP contribution in [0.4, 0.5) is 0 Å². The summed E-state index contributed by atoms with van der Waals surface area (Å²) in [7, 11) is 0. The Morgan fingerprint density at radius 3 is 2.82 bits per heavy atom. The highest BCUT2D eigenvalue weighted by molar-refractivity contribution is 5.17. The van der Waals surface area contributed by atoms with E-state index < -0.39 is 0 Å². The van der Waals surface area contributed by atoms with E-state index in [0.717, 1.165) is 0 Å². The molecule has 0 amide bonds. The fourth-order valence-electron chi connectivity index (χ4n) is 0.686. The molecule has 0 bridgehead atoms. The molecule has 0 atom stereocenters. The van der Waals surface area contributed by atoms with Crippen LogP contribution < -0.4 is 0 Å². The van der Waals surface area contributed by atoms with Crippen LogP contribution in [0.3, 0.4) is 0 Å². The lowest BCUT2D eigenvalue weighted by Gasteiger charge is -1.97. The molecule has 0 aliphatic carbocycles. The number of allylic oxidation sites excluding steroid dienone is 1. The van der Waals surface area contributed by atoms with Crippen molar-refractivity contribution in [3.63, 3.8) is 0 Å². The number of aryl methyl sites for hydroxylation is 1. The Bertz CT molecular complexity index is 272. The van der Waals surface area contributed by atoms with Crippen LogP contribution in [0, 0.1) is 6.92 Å². The molecule has 0 saturated heterocycles. The summed E-state index contributed by atoms with van der Waals surface area (Å²) >= 11 is 0. The molecule has 1 N–H and O–H groups in total. The van der Waals surface area contributed by atoms with Crippen LogP contribution in [0.15, 0.2) is 12.7 Å². The Morgan fingerprint density at radius 2 is 2.27 bits per heavy atom. The summed E-state index contributed by atoms with van der Waals surface area (Å²) < 4.78 is 0. The van der Waals surface area contributed by atoms with Crippen LogP contribution >= 0.6 is 0 Å². The third-order valence-corrected chi connectivity index (χ3v) is 1.18. The lowest BCUT2D eigenvalue weighted by atomic mass is 10.3. The normalized spacial score (nSPS) is 9.55. The predicted octanol–water partition coefficient (Wildman–Crippen LogP) is 0.614. The molecule has 0 unspecified atom stereocenters. The van der Waals surface area contributed by atoms with Crippen molar-refractivity contribution in [2.45, 2.75) is 13.3 Å². The molecule has 0 saturated carbocycles. The standard InChI is InChI=1S/C7H9N3O/c1-3-4-6-7(11)8-5(2)9-10-6/h3H,1,4H2,2H3,(H,8,9,11). The molecular weight excluding hydrogens is 142 g/mol. The zero-order chi connectivity index (χ0) is 8.27. The maximum absolute atomic E-state index is 9.16. The van der Waals surface area contributed by atoms with Crippen molar-refractivity contribution in [3.05, 3.63) is 24.2 Å². The first-order chi connectivity index (χ1) is 5.24. The van der Waals surface area contributed by atoms with Crippen molar-refractivity contribution in [2.75, 3.05) is 0 Å². The van der Waals surface area contributed by atoms with Gasteiger partial charge in [0, 0.05) is 6.42 Å². The Morgan fingerprint density at radius 1 is 1.55 bits per heavy atom. The quantitative estimate of drug-likeness (QED) is 0.629. The first-order valence-corrected chi connectivity index (χ1v) is 3.24. The number of aromatic hydroxyl groups is 1. The molecular formula is C7H9N3O. The van der Waals surface area contributed by atoms with Crippen LogP contribution in [0.25, 0.3) is 0 Å². The van der Waals surface area contributed by atoms with Gasteiger partial charge in [-0.2, -0.15) is 4.98 Å². The van der Waals surface area contributed by atoms with E-state index in [0.29, 0.717) is 17.9 Å². The van der Waals surface area contributed by atoms with Crippen molar-refractivity contribution in [1.29, 1.82) is 0 Å². The third-order valence-electron chi connectivity index (χ3n) is 1.18. The maximum Gasteiger partial charge on any atom is 0.237 e. The van der Waals surface area contributed by atoms with Gasteiger partial charge in [-0.25, -0.2) is 0 Å². The largest absolute Gasteiger partial charge is 0.492 e. The second kappa shape index (κ2) is 3.09. The smallest absolute Gasteiger partial charge is 0.237 e. The van der Waals surface area contributed by atoms with Gasteiger partial charge in [0.1, 0.15) is 5.69 Å². The molecule has 0 aliphatic heterocycles. The summed E-state index contributed by atoms with van der Waals surface area (Å²) in [6.45, 7) is 5.18. The topological polar surface area (TPSA) is 58.9 Å². The predicted molar refractivity (Wildman–Crippen MR) is 40.1 cm³/mol. The molecule has 11 heavy (non-hydrogen) atoms. The summed E-state index contributed by atoms with van der Waals surface area (Å²) in [5.74, 6) is 0.410. The van der Waals surface area contributed by atoms with Gasteiger partial charge in [0.05, 0.1) is 0 Å². The van der Waals surface area contributed by atoms with Crippen molar-refractivity contribution >= 4 is 0 Å². The highest BCUT2D eigenvalue weighted by Crippen LogP contribution is 2.09. The number of hydrogen-bond acceptors (Lipinski definition) is 4. The van der Waals surface area contributed by atoms with Crippen LogP contribution in [-0.4, -0.2) is 20.3 Å². The highest BCUT2D eigenvalue weighted by Gasteiger charge is 2.02. The van der Waals surface area contributed by atoms with Crippen LogP contribution in [0.2, 0.25) is 0 Å². The summed E-state index contributed by atoms with van der Waals surface area (Å²) in [6, 6.07) is 0. The number of nitrogens with zero attached hydrogens (tertiary/aromatic N) is 3. The summed E-state index contributed by atoms with van der Waals surface area (Å²) in [6.07, 6.45) is 2.13. The van der Waals surface area contributed by atoms with Crippen LogP contribution in [-0.2, 0) is 6.42 Å². The van der Waals surface area contributed by atoms with Gasteiger partial charge < -0.3 is 5.11 Å². The Kier molecular flexibility index (Phi) is 2.15. The van der Waals surface area contributed by atoms with Gasteiger partial charge in [-0.15, -0.1) is 16.8 Å². The maximum atomic E-state index is 9.16. The molecule has 58 valence electrons. The molecule has 1 aromatic heterocycles. The minimum Gasteiger partial charge on any atom is -0.492 e. The van der Waals surface area contributed by atoms with E-state index in [4.69, 9.17) is 5.11 Å². The number of aromatic nitrogens is 3. The van der Waals surface area contributed by atoms with Crippen molar-refractivity contribution in [1.82, 2.24) is 15.2 Å². The van der Waals surface area contributed by atoms with Gasteiger partial charge in [-0.1, -0.05) is 6.08 Å².